The average Bonchev–Trinajstić information content (AvgIpc) is 3.50. The molecular weight excluding hydrogens is 574 g/mol. The highest BCUT2D eigenvalue weighted by Crippen LogP contribution is 2.60. The first-order valence-electron chi connectivity index (χ1n) is 14.1. The number of ether oxygens (including phenoxy) is 3. The van der Waals surface area contributed by atoms with Gasteiger partial charge in [-0.15, -0.1) is 0 Å². The number of hydrogen-bond acceptors (Lipinski definition) is 11. The van der Waals surface area contributed by atoms with Gasteiger partial charge in [0.2, 0.25) is 11.7 Å². The van der Waals surface area contributed by atoms with Crippen LogP contribution in [0.1, 0.15) is 31.4 Å². The largest absolute Gasteiger partial charge is 0.449 e. The van der Waals surface area contributed by atoms with Gasteiger partial charge in [-0.3, -0.25) is 24.1 Å². The molecule has 14 nitrogen and oxygen atoms in total. The first-order valence-corrected chi connectivity index (χ1v) is 14.1. The summed E-state index contributed by atoms with van der Waals surface area (Å²) in [6, 6.07) is 5.34. The smallest absolute Gasteiger partial charge is 0.410 e. The van der Waals surface area contributed by atoms with Gasteiger partial charge in [0.25, 0.3) is 0 Å². The average molecular weight is 610 g/mol. The number of hydrogen-bond donors (Lipinski definition) is 3. The van der Waals surface area contributed by atoms with Crippen LogP contribution in [0.2, 0.25) is 0 Å². The van der Waals surface area contributed by atoms with Crippen molar-refractivity contribution in [2.24, 2.45) is 17.4 Å². The van der Waals surface area contributed by atoms with Crippen molar-refractivity contribution in [3.63, 3.8) is 0 Å². The minimum Gasteiger partial charge on any atom is -0.449 e. The van der Waals surface area contributed by atoms with E-state index in [1.165, 1.54) is 12.0 Å². The van der Waals surface area contributed by atoms with Crippen LogP contribution in [-0.2, 0) is 46.4 Å². The highest BCUT2D eigenvalue weighted by atomic mass is 16.6. The van der Waals surface area contributed by atoms with E-state index in [-0.39, 0.29) is 67.3 Å². The zero-order valence-corrected chi connectivity index (χ0v) is 24.9. The monoisotopic (exact) mass is 609 g/mol. The van der Waals surface area contributed by atoms with Gasteiger partial charge >= 0.3 is 12.2 Å². The number of nitrogens with one attached hydrogen (secondary N) is 1. The van der Waals surface area contributed by atoms with Crippen LogP contribution in [-0.4, -0.2) is 96.4 Å². The Morgan fingerprint density at radius 2 is 1.66 bits per heavy atom. The number of likely N-dealkylation sites (N-methyl/N-ethyl adjacent to an activating group) is 1. The van der Waals surface area contributed by atoms with Crippen LogP contribution in [0.4, 0.5) is 9.59 Å². The number of carbonyl (C=O) groups excluding carboxylic acids is 6. The Morgan fingerprint density at radius 1 is 1.02 bits per heavy atom. The van der Waals surface area contributed by atoms with E-state index < -0.39 is 41.8 Å². The van der Waals surface area contributed by atoms with Gasteiger partial charge in [0.1, 0.15) is 19.3 Å². The van der Waals surface area contributed by atoms with Crippen molar-refractivity contribution >= 4 is 35.4 Å². The fraction of sp³-hybridized carbons (Fsp3) is 0.467. The number of primary amides is 2. The van der Waals surface area contributed by atoms with Crippen molar-refractivity contribution in [1.29, 1.82) is 0 Å². The van der Waals surface area contributed by atoms with E-state index >= 15 is 0 Å². The molecule has 1 aliphatic carbocycles. The molecule has 1 aromatic carbocycles. The summed E-state index contributed by atoms with van der Waals surface area (Å²) >= 11 is 0. The van der Waals surface area contributed by atoms with E-state index in [0.717, 1.165) is 5.56 Å². The van der Waals surface area contributed by atoms with Crippen molar-refractivity contribution in [3.8, 4) is 0 Å². The third-order valence-corrected chi connectivity index (χ3v) is 9.06. The number of fused-ring (bicyclic) bond motifs is 4. The first-order chi connectivity index (χ1) is 20.9. The molecule has 44 heavy (non-hydrogen) atoms. The van der Waals surface area contributed by atoms with E-state index in [1.54, 1.807) is 50.1 Å². The van der Waals surface area contributed by atoms with Gasteiger partial charge in [-0.25, -0.2) is 9.59 Å². The van der Waals surface area contributed by atoms with Crippen molar-refractivity contribution in [3.05, 3.63) is 57.8 Å². The number of nitrogens with two attached hydrogens (primary N) is 2. The topological polar surface area (TPSA) is 200 Å². The van der Waals surface area contributed by atoms with Crippen LogP contribution in [0.3, 0.4) is 0 Å². The molecule has 3 aliphatic heterocycles. The normalized spacial score (nSPS) is 25.9. The Labute approximate surface area is 253 Å². The maximum Gasteiger partial charge on any atom is 0.410 e. The molecule has 0 spiro atoms. The maximum absolute atomic E-state index is 13.4. The number of piperazine rings is 1. The number of carbonyl (C=O) groups is 6. The number of nitrogens with zero attached hydrogens (tertiary/aromatic N) is 2. The number of Topliss-reactive ketones (excluding diaryl/α,β-unsaturated/α-hetero) is 3. The number of methoxy groups -OCH3 is 1. The van der Waals surface area contributed by atoms with Crippen LogP contribution >= 0.6 is 0 Å². The number of ketones is 3. The van der Waals surface area contributed by atoms with Crippen LogP contribution in [0.5, 0.6) is 0 Å². The van der Waals surface area contributed by atoms with Crippen LogP contribution in [0.15, 0.2) is 46.7 Å². The zero-order chi connectivity index (χ0) is 32.1. The summed E-state index contributed by atoms with van der Waals surface area (Å²) in [5.74, 6) is -2.27. The lowest BCUT2D eigenvalue weighted by molar-refractivity contribution is -0.144. The molecule has 234 valence electrons. The predicted molar refractivity (Wildman–Crippen MR) is 152 cm³/mol. The second-order valence-corrected chi connectivity index (χ2v) is 11.4. The van der Waals surface area contributed by atoms with E-state index in [9.17, 15) is 28.8 Å². The molecule has 2 saturated heterocycles. The lowest BCUT2D eigenvalue weighted by Crippen LogP contribution is -2.56. The van der Waals surface area contributed by atoms with Crippen LogP contribution in [0, 0.1) is 5.92 Å². The molecule has 3 heterocycles. The summed E-state index contributed by atoms with van der Waals surface area (Å²) in [5.41, 5.74) is 11.6. The minimum absolute atomic E-state index is 0.0459. The molecule has 14 heteroatoms. The quantitative estimate of drug-likeness (QED) is 0.227. The third-order valence-electron chi connectivity index (χ3n) is 9.06. The molecule has 4 aliphatic rings. The maximum atomic E-state index is 13.4. The van der Waals surface area contributed by atoms with E-state index in [0.29, 0.717) is 16.7 Å². The van der Waals surface area contributed by atoms with Gasteiger partial charge in [-0.05, 0) is 32.0 Å². The molecule has 0 radical (unpaired) electrons. The molecule has 5 N–H and O–H groups in total. The van der Waals surface area contributed by atoms with Gasteiger partial charge in [0.05, 0.1) is 23.7 Å². The second-order valence-electron chi connectivity index (χ2n) is 11.4. The van der Waals surface area contributed by atoms with Gasteiger partial charge in [-0.2, -0.15) is 0 Å². The Kier molecular flexibility index (Phi) is 8.07. The Hall–Kier alpha value is -4.56. The Morgan fingerprint density at radius 3 is 2.25 bits per heavy atom. The molecule has 0 unspecified atom stereocenters. The Bertz CT molecular complexity index is 1520. The second kappa shape index (κ2) is 11.5. The van der Waals surface area contributed by atoms with Crippen molar-refractivity contribution in [2.45, 2.75) is 57.1 Å². The van der Waals surface area contributed by atoms with Gasteiger partial charge in [-0.1, -0.05) is 24.3 Å². The number of amides is 3. The summed E-state index contributed by atoms with van der Waals surface area (Å²) in [6.07, 6.45) is -1.64. The molecule has 0 bridgehead atoms. The summed E-state index contributed by atoms with van der Waals surface area (Å²) in [6.45, 7) is 3.02. The zero-order valence-electron chi connectivity index (χ0n) is 24.9. The highest BCUT2D eigenvalue weighted by molar-refractivity contribution is 6.25. The lowest BCUT2D eigenvalue weighted by Gasteiger charge is -2.40. The molecule has 2 fully saturated rings. The summed E-state index contributed by atoms with van der Waals surface area (Å²) in [4.78, 5) is 78.5. The van der Waals surface area contributed by atoms with Crippen LogP contribution < -0.4 is 16.8 Å². The van der Waals surface area contributed by atoms with Gasteiger partial charge in [0.15, 0.2) is 17.3 Å². The molecular formula is C30H35N5O9. The van der Waals surface area contributed by atoms with E-state index in [2.05, 4.69) is 5.32 Å². The number of rotatable bonds is 11. The van der Waals surface area contributed by atoms with Gasteiger partial charge < -0.3 is 35.9 Å². The number of allylic oxidation sites excluding steroid dienone is 2. The molecule has 0 saturated carbocycles. The Balaban J connectivity index is 1.27. The third kappa shape index (κ3) is 4.93. The SMILES string of the molecule is CN[C@H](CC(N)=O)C(=O)Cc1ccc(COC(=O)N2[C@H]3[C@@H]2CN2C4=C(C(=O)C(C)=C(C)C4=O)[C@H](COC(N)=O)[C@]32OC)cc1. The predicted octanol–water partition coefficient (Wildman–Crippen LogP) is 0.0767. The fourth-order valence-electron chi connectivity index (χ4n) is 6.71. The van der Waals surface area contributed by atoms with Crippen LogP contribution in [0.25, 0.3) is 0 Å². The van der Waals surface area contributed by atoms with Crippen molar-refractivity contribution in [2.75, 3.05) is 27.3 Å². The summed E-state index contributed by atoms with van der Waals surface area (Å²) in [7, 11) is 3.01. The molecule has 5 rings (SSSR count). The molecule has 0 aromatic heterocycles. The molecule has 1 aromatic rings. The first kappa shape index (κ1) is 30.9. The van der Waals surface area contributed by atoms with Gasteiger partial charge in [0, 0.05) is 43.2 Å². The number of benzene rings is 1. The molecule has 5 atom stereocenters. The fourth-order valence-corrected chi connectivity index (χ4v) is 6.71. The minimum atomic E-state index is -1.34. The molecule has 3 amide bonds. The standard InChI is InChI=1S/C30H35N5O9/c1-14-15(2)26(39)24-23(25(14)38)18(13-43-28(32)40)30(42-4)27-20(11-34(24)30)35(27)29(41)44-12-17-7-5-16(6-8-17)9-21(36)19(33-3)10-22(31)37/h5-8,18-20,27,33H,9-13H2,1-4H3,(H2,31,37)(H2,32,40)/t18-,19+,20-,27-,30-,35?/m0/s1. The van der Waals surface area contributed by atoms with E-state index in [4.69, 9.17) is 25.7 Å². The highest BCUT2D eigenvalue weighted by Gasteiger charge is 2.78. The lowest BCUT2D eigenvalue weighted by atomic mass is 9.81. The van der Waals surface area contributed by atoms with Crippen molar-refractivity contribution < 1.29 is 43.0 Å². The van der Waals surface area contributed by atoms with E-state index in [1.807, 2.05) is 0 Å². The summed E-state index contributed by atoms with van der Waals surface area (Å²) < 4.78 is 16.8. The summed E-state index contributed by atoms with van der Waals surface area (Å²) in [5, 5.41) is 2.80. The van der Waals surface area contributed by atoms with Crippen molar-refractivity contribution in [1.82, 2.24) is 15.1 Å².